The van der Waals surface area contributed by atoms with Gasteiger partial charge in [-0.05, 0) is 38.0 Å². The Morgan fingerprint density at radius 3 is 2.95 bits per heavy atom. The first-order valence-electron chi connectivity index (χ1n) is 7.91. The Hall–Kier alpha value is -1.10. The number of likely N-dealkylation sites (tertiary alicyclic amines) is 1. The van der Waals surface area contributed by atoms with Gasteiger partial charge in [0, 0.05) is 25.0 Å². The number of amides is 2. The molecule has 3 rings (SSSR count). The van der Waals surface area contributed by atoms with Crippen LogP contribution < -0.4 is 11.1 Å². The molecule has 3 N–H and O–H groups in total. The molecule has 112 valence electrons. The smallest absolute Gasteiger partial charge is 0.226 e. The van der Waals surface area contributed by atoms with E-state index in [-0.39, 0.29) is 35.7 Å². The summed E-state index contributed by atoms with van der Waals surface area (Å²) in [5.74, 6) is 0.834. The van der Waals surface area contributed by atoms with Gasteiger partial charge in [-0.15, -0.1) is 0 Å². The van der Waals surface area contributed by atoms with Crippen molar-refractivity contribution in [3.63, 3.8) is 0 Å². The minimum Gasteiger partial charge on any atom is -0.354 e. The SMILES string of the molecule is CC1CCC(N)CC1C(=O)N1CCCC2C(=O)NCC21. The molecule has 0 radical (unpaired) electrons. The molecule has 0 aromatic heterocycles. The molecule has 0 bridgehead atoms. The lowest BCUT2D eigenvalue weighted by atomic mass is 9.76. The van der Waals surface area contributed by atoms with Crippen LogP contribution in [0.25, 0.3) is 0 Å². The second-order valence-electron chi connectivity index (χ2n) is 6.75. The molecule has 2 heterocycles. The quantitative estimate of drug-likeness (QED) is 0.733. The van der Waals surface area contributed by atoms with Crippen LogP contribution in [0.2, 0.25) is 0 Å². The first kappa shape index (κ1) is 13.9. The van der Waals surface area contributed by atoms with E-state index >= 15 is 0 Å². The predicted molar refractivity (Wildman–Crippen MR) is 75.7 cm³/mol. The van der Waals surface area contributed by atoms with Crippen LogP contribution >= 0.6 is 0 Å². The largest absolute Gasteiger partial charge is 0.354 e. The predicted octanol–water partition coefficient (Wildman–Crippen LogP) is 0.487. The third-order valence-corrected chi connectivity index (χ3v) is 5.44. The molecule has 2 aliphatic heterocycles. The molecule has 0 aromatic carbocycles. The van der Waals surface area contributed by atoms with Crippen LogP contribution in [0.4, 0.5) is 0 Å². The monoisotopic (exact) mass is 279 g/mol. The van der Waals surface area contributed by atoms with E-state index in [0.29, 0.717) is 12.5 Å². The van der Waals surface area contributed by atoms with E-state index in [1.165, 1.54) is 0 Å². The molecule has 0 aromatic rings. The van der Waals surface area contributed by atoms with Crippen LogP contribution in [0.5, 0.6) is 0 Å². The van der Waals surface area contributed by atoms with E-state index < -0.39 is 0 Å². The lowest BCUT2D eigenvalue weighted by Gasteiger charge is -2.41. The normalized spacial score (nSPS) is 41.2. The summed E-state index contributed by atoms with van der Waals surface area (Å²) in [5.41, 5.74) is 6.05. The van der Waals surface area contributed by atoms with Gasteiger partial charge in [0.25, 0.3) is 0 Å². The van der Waals surface area contributed by atoms with Gasteiger partial charge in [0.2, 0.25) is 11.8 Å². The van der Waals surface area contributed by atoms with Crippen molar-refractivity contribution in [1.29, 1.82) is 0 Å². The van der Waals surface area contributed by atoms with Crippen LogP contribution in [-0.4, -0.2) is 41.9 Å². The standard InChI is InChI=1S/C15H25N3O2/c1-9-4-5-10(16)7-12(9)15(20)18-6-2-3-11-13(18)8-17-14(11)19/h9-13H,2-8,16H2,1H3,(H,17,19). The van der Waals surface area contributed by atoms with Crippen molar-refractivity contribution >= 4 is 11.8 Å². The highest BCUT2D eigenvalue weighted by molar-refractivity contribution is 5.85. The number of fused-ring (bicyclic) bond motifs is 1. The number of nitrogens with zero attached hydrogens (tertiary/aromatic N) is 1. The number of hydrogen-bond donors (Lipinski definition) is 2. The zero-order valence-electron chi connectivity index (χ0n) is 12.2. The van der Waals surface area contributed by atoms with Crippen molar-refractivity contribution in [3.8, 4) is 0 Å². The van der Waals surface area contributed by atoms with Gasteiger partial charge in [-0.1, -0.05) is 6.92 Å². The number of rotatable bonds is 1. The summed E-state index contributed by atoms with van der Waals surface area (Å²) in [4.78, 5) is 26.7. The third kappa shape index (κ3) is 2.32. The Morgan fingerprint density at radius 2 is 2.15 bits per heavy atom. The molecule has 20 heavy (non-hydrogen) atoms. The van der Waals surface area contributed by atoms with Crippen molar-refractivity contribution in [2.75, 3.05) is 13.1 Å². The Morgan fingerprint density at radius 1 is 1.35 bits per heavy atom. The average Bonchev–Trinajstić information content (AvgIpc) is 2.83. The lowest BCUT2D eigenvalue weighted by Crippen LogP contribution is -2.53. The summed E-state index contributed by atoms with van der Waals surface area (Å²) in [5, 5.41) is 2.91. The second-order valence-corrected chi connectivity index (χ2v) is 6.75. The molecule has 5 unspecified atom stereocenters. The first-order chi connectivity index (χ1) is 9.58. The highest BCUT2D eigenvalue weighted by Crippen LogP contribution is 2.34. The van der Waals surface area contributed by atoms with Gasteiger partial charge in [-0.25, -0.2) is 0 Å². The van der Waals surface area contributed by atoms with Crippen LogP contribution in [0, 0.1) is 17.8 Å². The second kappa shape index (κ2) is 5.35. The van der Waals surface area contributed by atoms with Crippen LogP contribution in [-0.2, 0) is 9.59 Å². The Kier molecular flexibility index (Phi) is 3.71. The minimum atomic E-state index is 0.0141. The highest BCUT2D eigenvalue weighted by Gasteiger charge is 2.45. The zero-order chi connectivity index (χ0) is 14.3. The molecule has 2 amide bonds. The number of carbonyl (C=O) groups excluding carboxylic acids is 2. The number of piperidine rings is 1. The molecule has 5 heteroatoms. The minimum absolute atomic E-state index is 0.0141. The number of nitrogens with two attached hydrogens (primary N) is 1. The van der Waals surface area contributed by atoms with Crippen molar-refractivity contribution in [3.05, 3.63) is 0 Å². The molecule has 3 aliphatic rings. The number of hydrogen-bond acceptors (Lipinski definition) is 3. The molecule has 2 saturated heterocycles. The fraction of sp³-hybridized carbons (Fsp3) is 0.867. The zero-order valence-corrected chi connectivity index (χ0v) is 12.2. The maximum Gasteiger partial charge on any atom is 0.226 e. The molecule has 5 nitrogen and oxygen atoms in total. The average molecular weight is 279 g/mol. The Labute approximate surface area is 120 Å². The molecule has 1 aliphatic carbocycles. The van der Waals surface area contributed by atoms with E-state index in [9.17, 15) is 9.59 Å². The summed E-state index contributed by atoms with van der Waals surface area (Å²) in [6, 6.07) is 0.234. The third-order valence-electron chi connectivity index (χ3n) is 5.44. The molecule has 5 atom stereocenters. The maximum absolute atomic E-state index is 12.9. The number of nitrogens with one attached hydrogen (secondary N) is 1. The van der Waals surface area contributed by atoms with Gasteiger partial charge in [0.15, 0.2) is 0 Å². The molecular weight excluding hydrogens is 254 g/mol. The van der Waals surface area contributed by atoms with Gasteiger partial charge in [0.1, 0.15) is 0 Å². The fourth-order valence-electron chi connectivity index (χ4n) is 4.14. The van der Waals surface area contributed by atoms with Crippen molar-refractivity contribution < 1.29 is 9.59 Å². The van der Waals surface area contributed by atoms with E-state index in [1.54, 1.807) is 0 Å². The van der Waals surface area contributed by atoms with Crippen LogP contribution in [0.1, 0.15) is 39.0 Å². The molecule has 1 saturated carbocycles. The van der Waals surface area contributed by atoms with Crippen molar-refractivity contribution in [2.24, 2.45) is 23.5 Å². The van der Waals surface area contributed by atoms with E-state index in [2.05, 4.69) is 12.2 Å². The Balaban J connectivity index is 1.74. The fourth-order valence-corrected chi connectivity index (χ4v) is 4.14. The van der Waals surface area contributed by atoms with Crippen molar-refractivity contribution in [1.82, 2.24) is 10.2 Å². The van der Waals surface area contributed by atoms with Gasteiger partial charge >= 0.3 is 0 Å². The molecular formula is C15H25N3O2. The van der Waals surface area contributed by atoms with Gasteiger partial charge < -0.3 is 16.0 Å². The first-order valence-corrected chi connectivity index (χ1v) is 7.91. The number of carbonyl (C=O) groups is 2. The maximum atomic E-state index is 12.9. The summed E-state index contributed by atoms with van der Waals surface area (Å²) in [6.45, 7) is 3.59. The summed E-state index contributed by atoms with van der Waals surface area (Å²) >= 11 is 0. The topological polar surface area (TPSA) is 75.4 Å². The highest BCUT2D eigenvalue weighted by atomic mass is 16.2. The molecule has 0 spiro atoms. The summed E-state index contributed by atoms with van der Waals surface area (Å²) < 4.78 is 0. The van der Waals surface area contributed by atoms with E-state index in [0.717, 1.165) is 38.6 Å². The van der Waals surface area contributed by atoms with Gasteiger partial charge in [-0.3, -0.25) is 9.59 Å². The van der Waals surface area contributed by atoms with Gasteiger partial charge in [0.05, 0.1) is 12.0 Å². The van der Waals surface area contributed by atoms with E-state index in [1.807, 2.05) is 4.90 Å². The van der Waals surface area contributed by atoms with Crippen LogP contribution in [0.3, 0.4) is 0 Å². The van der Waals surface area contributed by atoms with Gasteiger partial charge in [-0.2, -0.15) is 0 Å². The Bertz CT molecular complexity index is 412. The van der Waals surface area contributed by atoms with E-state index in [4.69, 9.17) is 5.73 Å². The molecule has 3 fully saturated rings. The van der Waals surface area contributed by atoms with Crippen LogP contribution in [0.15, 0.2) is 0 Å². The summed E-state index contributed by atoms with van der Waals surface area (Å²) in [6.07, 6.45) is 4.72. The van der Waals surface area contributed by atoms with Crippen molar-refractivity contribution in [2.45, 2.75) is 51.1 Å². The summed E-state index contributed by atoms with van der Waals surface area (Å²) in [7, 11) is 0. The lowest BCUT2D eigenvalue weighted by molar-refractivity contribution is -0.143.